The van der Waals surface area contributed by atoms with Crippen LogP contribution in [-0.4, -0.2) is 30.0 Å². The molecule has 0 aliphatic carbocycles. The van der Waals surface area contributed by atoms with Crippen molar-refractivity contribution in [1.29, 1.82) is 5.26 Å². The lowest BCUT2D eigenvalue weighted by atomic mass is 10.1. The second kappa shape index (κ2) is 5.76. The first-order chi connectivity index (χ1) is 8.38. The maximum atomic E-state index is 11.7. The van der Waals surface area contributed by atoms with E-state index in [9.17, 15) is 9.90 Å². The third-order valence-corrected chi connectivity index (χ3v) is 2.72. The first-order valence-corrected chi connectivity index (χ1v) is 5.64. The minimum atomic E-state index is -0.606. The number of hydrogen-bond donors (Lipinski definition) is 1. The van der Waals surface area contributed by atoms with Crippen LogP contribution in [0.15, 0.2) is 23.8 Å². The van der Waals surface area contributed by atoms with Gasteiger partial charge in [-0.25, -0.2) is 0 Å². The molecule has 1 aromatic carbocycles. The standard InChI is InChI=1S/C12H10Cl2N2O2/c1-16(2)12(18)9(6-15)11(17)8-5-7(13)3-4-10(8)14/h3-5,17H,1-2H3/b11-9-. The fourth-order valence-corrected chi connectivity index (χ4v) is 1.62. The number of benzene rings is 1. The molecule has 0 bridgehead atoms. The summed E-state index contributed by atoms with van der Waals surface area (Å²) in [4.78, 5) is 12.9. The molecule has 0 aliphatic rings. The van der Waals surface area contributed by atoms with Gasteiger partial charge in [0.2, 0.25) is 0 Å². The van der Waals surface area contributed by atoms with Gasteiger partial charge in [0.05, 0.1) is 5.02 Å². The van der Waals surface area contributed by atoms with Gasteiger partial charge < -0.3 is 10.0 Å². The van der Waals surface area contributed by atoms with Crippen molar-refractivity contribution < 1.29 is 9.90 Å². The van der Waals surface area contributed by atoms with E-state index in [1.165, 1.54) is 31.1 Å². The average molecular weight is 285 g/mol. The zero-order valence-electron chi connectivity index (χ0n) is 9.74. The average Bonchev–Trinajstić information content (AvgIpc) is 2.32. The van der Waals surface area contributed by atoms with Crippen molar-refractivity contribution in [2.75, 3.05) is 14.1 Å². The van der Waals surface area contributed by atoms with Crippen LogP contribution in [0.1, 0.15) is 5.56 Å². The summed E-state index contributed by atoms with van der Waals surface area (Å²) in [6.07, 6.45) is 0. The number of halogens is 2. The zero-order valence-corrected chi connectivity index (χ0v) is 11.2. The molecule has 1 N–H and O–H groups in total. The van der Waals surface area contributed by atoms with Crippen LogP contribution in [0, 0.1) is 11.3 Å². The number of rotatable bonds is 2. The molecule has 0 aliphatic heterocycles. The summed E-state index contributed by atoms with van der Waals surface area (Å²) in [5, 5.41) is 19.5. The minimum Gasteiger partial charge on any atom is -0.506 e. The maximum absolute atomic E-state index is 11.7. The summed E-state index contributed by atoms with van der Waals surface area (Å²) >= 11 is 11.7. The predicted octanol–water partition coefficient (Wildman–Crippen LogP) is 2.87. The number of nitrogens with zero attached hydrogens (tertiary/aromatic N) is 2. The van der Waals surface area contributed by atoms with Crippen LogP contribution in [0.3, 0.4) is 0 Å². The Hall–Kier alpha value is -1.70. The van der Waals surface area contributed by atoms with Crippen LogP contribution in [0.25, 0.3) is 5.76 Å². The topological polar surface area (TPSA) is 64.3 Å². The van der Waals surface area contributed by atoms with Crippen LogP contribution in [0.4, 0.5) is 0 Å². The molecule has 0 fully saturated rings. The largest absolute Gasteiger partial charge is 0.506 e. The Balaban J connectivity index is 3.42. The number of hydrogen-bond acceptors (Lipinski definition) is 3. The quantitative estimate of drug-likeness (QED) is 0.516. The monoisotopic (exact) mass is 284 g/mol. The van der Waals surface area contributed by atoms with Gasteiger partial charge in [-0.2, -0.15) is 5.26 Å². The zero-order chi connectivity index (χ0) is 13.9. The van der Waals surface area contributed by atoms with E-state index in [0.717, 1.165) is 0 Å². The molecule has 1 rings (SSSR count). The van der Waals surface area contributed by atoms with E-state index in [2.05, 4.69) is 0 Å². The lowest BCUT2D eigenvalue weighted by Gasteiger charge is -2.11. The molecule has 0 saturated heterocycles. The van der Waals surface area contributed by atoms with Gasteiger partial charge in [0, 0.05) is 24.7 Å². The van der Waals surface area contributed by atoms with Crippen molar-refractivity contribution in [3.8, 4) is 6.07 Å². The van der Waals surface area contributed by atoms with Crippen LogP contribution in [0.2, 0.25) is 10.0 Å². The fourth-order valence-electron chi connectivity index (χ4n) is 1.24. The van der Waals surface area contributed by atoms with Crippen LogP contribution in [0.5, 0.6) is 0 Å². The predicted molar refractivity (Wildman–Crippen MR) is 70.3 cm³/mol. The third kappa shape index (κ3) is 2.95. The molecule has 0 spiro atoms. The van der Waals surface area contributed by atoms with E-state index in [4.69, 9.17) is 28.5 Å². The van der Waals surface area contributed by atoms with Gasteiger partial charge in [-0.05, 0) is 18.2 Å². The SMILES string of the molecule is CN(C)C(=O)/C(C#N)=C(\O)c1cc(Cl)ccc1Cl. The Morgan fingerprint density at radius 2 is 2.00 bits per heavy atom. The van der Waals surface area contributed by atoms with Crippen LogP contribution >= 0.6 is 23.2 Å². The van der Waals surface area contributed by atoms with E-state index in [0.29, 0.717) is 5.02 Å². The highest BCUT2D eigenvalue weighted by Gasteiger charge is 2.19. The number of carbonyl (C=O) groups excluding carboxylic acids is 1. The van der Waals surface area contributed by atoms with Crippen molar-refractivity contribution in [3.05, 3.63) is 39.4 Å². The number of amides is 1. The van der Waals surface area contributed by atoms with E-state index in [-0.39, 0.29) is 16.2 Å². The van der Waals surface area contributed by atoms with Gasteiger partial charge in [0.15, 0.2) is 5.57 Å². The normalized spacial score (nSPS) is 11.5. The summed E-state index contributed by atoms with van der Waals surface area (Å²) in [7, 11) is 2.96. The molecule has 0 saturated carbocycles. The minimum absolute atomic E-state index is 0.149. The van der Waals surface area contributed by atoms with Crippen molar-refractivity contribution in [3.63, 3.8) is 0 Å². The maximum Gasteiger partial charge on any atom is 0.267 e. The van der Waals surface area contributed by atoms with Gasteiger partial charge >= 0.3 is 0 Å². The van der Waals surface area contributed by atoms with Gasteiger partial charge in [-0.15, -0.1) is 0 Å². The Morgan fingerprint density at radius 3 is 2.50 bits per heavy atom. The Kier molecular flexibility index (Phi) is 4.60. The molecule has 1 amide bonds. The van der Waals surface area contributed by atoms with Crippen molar-refractivity contribution >= 4 is 34.9 Å². The first-order valence-electron chi connectivity index (χ1n) is 4.89. The van der Waals surface area contributed by atoms with E-state index in [1.807, 2.05) is 0 Å². The van der Waals surface area contributed by atoms with E-state index < -0.39 is 11.7 Å². The highest BCUT2D eigenvalue weighted by Crippen LogP contribution is 2.27. The van der Waals surface area contributed by atoms with Crippen molar-refractivity contribution in [1.82, 2.24) is 4.90 Å². The molecule has 0 aromatic heterocycles. The second-order valence-electron chi connectivity index (χ2n) is 3.66. The second-order valence-corrected chi connectivity index (χ2v) is 4.50. The molecule has 1 aromatic rings. The molecule has 0 atom stereocenters. The highest BCUT2D eigenvalue weighted by atomic mass is 35.5. The number of nitriles is 1. The summed E-state index contributed by atoms with van der Waals surface area (Å²) in [6, 6.07) is 6.07. The molecule has 0 radical (unpaired) electrons. The summed E-state index contributed by atoms with van der Waals surface area (Å²) < 4.78 is 0. The van der Waals surface area contributed by atoms with Gasteiger partial charge in [0.1, 0.15) is 11.8 Å². The lowest BCUT2D eigenvalue weighted by Crippen LogP contribution is -2.23. The molecule has 0 unspecified atom stereocenters. The third-order valence-electron chi connectivity index (χ3n) is 2.15. The summed E-state index contributed by atoms with van der Waals surface area (Å²) in [5.41, 5.74) is -0.236. The van der Waals surface area contributed by atoms with Crippen molar-refractivity contribution in [2.24, 2.45) is 0 Å². The van der Waals surface area contributed by atoms with E-state index in [1.54, 1.807) is 12.1 Å². The van der Waals surface area contributed by atoms with Crippen LogP contribution < -0.4 is 0 Å². The molecule has 4 nitrogen and oxygen atoms in total. The number of aliphatic hydroxyl groups is 1. The van der Waals surface area contributed by atoms with Crippen molar-refractivity contribution in [2.45, 2.75) is 0 Å². The molecule has 6 heteroatoms. The van der Waals surface area contributed by atoms with Gasteiger partial charge in [-0.3, -0.25) is 4.79 Å². The summed E-state index contributed by atoms with van der Waals surface area (Å²) in [5.74, 6) is -1.09. The number of carbonyl (C=O) groups is 1. The molecular formula is C12H10Cl2N2O2. The number of likely N-dealkylation sites (N-methyl/N-ethyl adjacent to an activating group) is 1. The Labute approximate surface area is 115 Å². The molecule has 0 heterocycles. The smallest absolute Gasteiger partial charge is 0.267 e. The van der Waals surface area contributed by atoms with Gasteiger partial charge in [-0.1, -0.05) is 23.2 Å². The Bertz CT molecular complexity index is 560. The van der Waals surface area contributed by atoms with E-state index >= 15 is 0 Å². The summed E-state index contributed by atoms with van der Waals surface area (Å²) in [6.45, 7) is 0. The van der Waals surface area contributed by atoms with Gasteiger partial charge in [0.25, 0.3) is 5.91 Å². The number of aliphatic hydroxyl groups excluding tert-OH is 1. The Morgan fingerprint density at radius 1 is 1.39 bits per heavy atom. The van der Waals surface area contributed by atoms with Crippen LogP contribution in [-0.2, 0) is 4.79 Å². The fraction of sp³-hybridized carbons (Fsp3) is 0.167. The first kappa shape index (κ1) is 14.4. The molecule has 18 heavy (non-hydrogen) atoms. The lowest BCUT2D eigenvalue weighted by molar-refractivity contribution is -0.124. The molecule has 94 valence electrons. The molecular weight excluding hydrogens is 275 g/mol. The highest BCUT2D eigenvalue weighted by molar-refractivity contribution is 6.34.